The van der Waals surface area contributed by atoms with E-state index in [1.807, 2.05) is 0 Å². The zero-order chi connectivity index (χ0) is 9.19. The maximum absolute atomic E-state index is 11.9. The molecule has 0 aliphatic heterocycles. The SMILES string of the molecule is C=CCn1ncc(C(F)(F)F)n1. The molecule has 0 atom stereocenters. The number of allylic oxidation sites excluding steroid dienone is 1. The van der Waals surface area contributed by atoms with E-state index in [4.69, 9.17) is 0 Å². The van der Waals surface area contributed by atoms with Gasteiger partial charge in [-0.3, -0.25) is 0 Å². The molecule has 12 heavy (non-hydrogen) atoms. The number of rotatable bonds is 2. The minimum absolute atomic E-state index is 0.177. The second kappa shape index (κ2) is 2.96. The highest BCUT2D eigenvalue weighted by atomic mass is 19.4. The third kappa shape index (κ3) is 1.84. The average molecular weight is 177 g/mol. The van der Waals surface area contributed by atoms with Crippen molar-refractivity contribution in [2.24, 2.45) is 0 Å². The molecule has 0 aliphatic rings. The van der Waals surface area contributed by atoms with Crippen LogP contribution in [0.4, 0.5) is 13.2 Å². The minimum atomic E-state index is -4.42. The van der Waals surface area contributed by atoms with Crippen molar-refractivity contribution in [3.05, 3.63) is 24.5 Å². The van der Waals surface area contributed by atoms with Crippen LogP contribution >= 0.6 is 0 Å². The van der Waals surface area contributed by atoms with Crippen LogP contribution in [0.1, 0.15) is 5.69 Å². The van der Waals surface area contributed by atoms with Crippen molar-refractivity contribution in [3.8, 4) is 0 Å². The molecular weight excluding hydrogens is 171 g/mol. The lowest BCUT2D eigenvalue weighted by atomic mass is 10.5. The van der Waals surface area contributed by atoms with E-state index in [1.54, 1.807) is 0 Å². The molecule has 0 radical (unpaired) electrons. The lowest BCUT2D eigenvalue weighted by molar-refractivity contribution is -0.141. The molecule has 0 spiro atoms. The summed E-state index contributed by atoms with van der Waals surface area (Å²) < 4.78 is 35.7. The number of nitrogens with zero attached hydrogens (tertiary/aromatic N) is 3. The van der Waals surface area contributed by atoms with Crippen molar-refractivity contribution < 1.29 is 13.2 Å². The van der Waals surface area contributed by atoms with Crippen molar-refractivity contribution in [2.75, 3.05) is 0 Å². The topological polar surface area (TPSA) is 30.7 Å². The molecule has 0 saturated carbocycles. The Morgan fingerprint density at radius 3 is 2.67 bits per heavy atom. The van der Waals surface area contributed by atoms with Crippen LogP contribution in [0.15, 0.2) is 18.9 Å². The van der Waals surface area contributed by atoms with Crippen molar-refractivity contribution >= 4 is 0 Å². The molecule has 1 rings (SSSR count). The molecule has 66 valence electrons. The fraction of sp³-hybridized carbons (Fsp3) is 0.333. The molecule has 0 aromatic carbocycles. The summed E-state index contributed by atoms with van der Waals surface area (Å²) >= 11 is 0. The van der Waals surface area contributed by atoms with Gasteiger partial charge >= 0.3 is 6.18 Å². The Kier molecular flexibility index (Phi) is 2.16. The molecule has 0 fully saturated rings. The summed E-state index contributed by atoms with van der Waals surface area (Å²) in [6.07, 6.45) is -2.32. The second-order valence-corrected chi connectivity index (χ2v) is 2.07. The van der Waals surface area contributed by atoms with E-state index in [0.29, 0.717) is 6.20 Å². The standard InChI is InChI=1S/C6H6F3N3/c1-2-3-12-10-4-5(11-12)6(7,8)9/h2,4H,1,3H2. The predicted octanol–water partition coefficient (Wildman–Crippen LogP) is 1.48. The van der Waals surface area contributed by atoms with Gasteiger partial charge in [0.15, 0.2) is 5.69 Å². The number of halogens is 3. The Morgan fingerprint density at radius 1 is 1.58 bits per heavy atom. The van der Waals surface area contributed by atoms with E-state index in [2.05, 4.69) is 16.8 Å². The van der Waals surface area contributed by atoms with Gasteiger partial charge in [0.25, 0.3) is 0 Å². The molecule has 3 nitrogen and oxygen atoms in total. The Labute approximate surface area is 66.5 Å². The van der Waals surface area contributed by atoms with Crippen LogP contribution < -0.4 is 0 Å². The molecule has 0 aliphatic carbocycles. The summed E-state index contributed by atoms with van der Waals surface area (Å²) in [5.41, 5.74) is -0.982. The van der Waals surface area contributed by atoms with Crippen molar-refractivity contribution in [3.63, 3.8) is 0 Å². The maximum atomic E-state index is 11.9. The quantitative estimate of drug-likeness (QED) is 0.640. The van der Waals surface area contributed by atoms with Crippen LogP contribution in [0.3, 0.4) is 0 Å². The number of alkyl halides is 3. The zero-order valence-electron chi connectivity index (χ0n) is 6.04. The molecule has 1 heterocycles. The zero-order valence-corrected chi connectivity index (χ0v) is 6.04. The highest BCUT2D eigenvalue weighted by Crippen LogP contribution is 2.26. The van der Waals surface area contributed by atoms with Crippen LogP contribution in [0.2, 0.25) is 0 Å². The minimum Gasteiger partial charge on any atom is -0.180 e. The van der Waals surface area contributed by atoms with Crippen LogP contribution in [0.25, 0.3) is 0 Å². The van der Waals surface area contributed by atoms with Gasteiger partial charge in [-0.1, -0.05) is 6.08 Å². The lowest BCUT2D eigenvalue weighted by Gasteiger charge is -1.98. The van der Waals surface area contributed by atoms with Gasteiger partial charge < -0.3 is 0 Å². The average Bonchev–Trinajstić information content (AvgIpc) is 2.35. The van der Waals surface area contributed by atoms with Gasteiger partial charge in [-0.05, 0) is 0 Å². The summed E-state index contributed by atoms with van der Waals surface area (Å²) in [7, 11) is 0. The molecule has 0 N–H and O–H groups in total. The van der Waals surface area contributed by atoms with E-state index in [1.165, 1.54) is 6.08 Å². The largest absolute Gasteiger partial charge is 0.436 e. The van der Waals surface area contributed by atoms with Crippen LogP contribution in [-0.4, -0.2) is 15.0 Å². The molecule has 1 aromatic heterocycles. The fourth-order valence-corrected chi connectivity index (χ4v) is 0.631. The fourth-order valence-electron chi connectivity index (χ4n) is 0.631. The van der Waals surface area contributed by atoms with E-state index in [0.717, 1.165) is 4.80 Å². The summed E-state index contributed by atoms with van der Waals surface area (Å²) in [6.45, 7) is 3.52. The van der Waals surface area contributed by atoms with Crippen molar-refractivity contribution in [1.82, 2.24) is 15.0 Å². The van der Waals surface area contributed by atoms with Crippen LogP contribution in [-0.2, 0) is 12.7 Å². The van der Waals surface area contributed by atoms with Gasteiger partial charge in [0, 0.05) is 0 Å². The van der Waals surface area contributed by atoms with E-state index >= 15 is 0 Å². The molecule has 0 unspecified atom stereocenters. The summed E-state index contributed by atoms with van der Waals surface area (Å²) in [5.74, 6) is 0. The smallest absolute Gasteiger partial charge is 0.180 e. The summed E-state index contributed by atoms with van der Waals surface area (Å²) in [4.78, 5) is 0.926. The third-order valence-corrected chi connectivity index (χ3v) is 1.12. The summed E-state index contributed by atoms with van der Waals surface area (Å²) in [5, 5.41) is 6.57. The number of hydrogen-bond donors (Lipinski definition) is 0. The lowest BCUT2D eigenvalue weighted by Crippen LogP contribution is -2.07. The molecule has 1 aromatic rings. The second-order valence-electron chi connectivity index (χ2n) is 2.07. The van der Waals surface area contributed by atoms with Gasteiger partial charge in [0.2, 0.25) is 0 Å². The highest BCUT2D eigenvalue weighted by Gasteiger charge is 2.34. The molecule has 0 saturated heterocycles. The Morgan fingerprint density at radius 2 is 2.25 bits per heavy atom. The summed E-state index contributed by atoms with van der Waals surface area (Å²) in [6, 6.07) is 0. The van der Waals surface area contributed by atoms with Gasteiger partial charge in [-0.2, -0.15) is 23.1 Å². The van der Waals surface area contributed by atoms with E-state index in [9.17, 15) is 13.2 Å². The van der Waals surface area contributed by atoms with E-state index in [-0.39, 0.29) is 6.54 Å². The molecule has 6 heteroatoms. The molecular formula is C6H6F3N3. The number of aromatic nitrogens is 3. The van der Waals surface area contributed by atoms with E-state index < -0.39 is 11.9 Å². The Bertz CT molecular complexity index is 276. The first-order valence-electron chi connectivity index (χ1n) is 3.12. The van der Waals surface area contributed by atoms with Gasteiger partial charge in [0.1, 0.15) is 0 Å². The number of hydrogen-bond acceptors (Lipinski definition) is 2. The first kappa shape index (κ1) is 8.76. The molecule has 0 amide bonds. The van der Waals surface area contributed by atoms with Crippen molar-refractivity contribution in [1.29, 1.82) is 0 Å². The van der Waals surface area contributed by atoms with Gasteiger partial charge in [-0.25, -0.2) is 0 Å². The first-order valence-corrected chi connectivity index (χ1v) is 3.12. The van der Waals surface area contributed by atoms with Crippen molar-refractivity contribution in [2.45, 2.75) is 12.7 Å². The normalized spacial score (nSPS) is 11.6. The van der Waals surface area contributed by atoms with Gasteiger partial charge in [-0.15, -0.1) is 11.7 Å². The first-order chi connectivity index (χ1) is 5.54. The highest BCUT2D eigenvalue weighted by molar-refractivity contribution is 4.96. The molecule has 0 bridgehead atoms. The Hall–Kier alpha value is -1.33. The third-order valence-electron chi connectivity index (χ3n) is 1.12. The Balaban J connectivity index is 2.84. The maximum Gasteiger partial charge on any atom is 0.436 e. The van der Waals surface area contributed by atoms with Crippen LogP contribution in [0, 0.1) is 0 Å². The predicted molar refractivity (Wildman–Crippen MR) is 35.2 cm³/mol. The van der Waals surface area contributed by atoms with Crippen LogP contribution in [0.5, 0.6) is 0 Å². The van der Waals surface area contributed by atoms with Gasteiger partial charge in [0.05, 0.1) is 12.7 Å². The monoisotopic (exact) mass is 177 g/mol.